The molecule has 4 heteroatoms. The maximum atomic E-state index is 12.6. The Morgan fingerprint density at radius 2 is 2.05 bits per heavy atom. The molecule has 0 radical (unpaired) electrons. The van der Waals surface area contributed by atoms with Crippen molar-refractivity contribution in [2.24, 2.45) is 17.6 Å². The Kier molecular flexibility index (Phi) is 4.19. The molecule has 2 rings (SSSR count). The van der Waals surface area contributed by atoms with E-state index in [1.807, 2.05) is 0 Å². The number of hydrogen-bond acceptors (Lipinski definition) is 1. The van der Waals surface area contributed by atoms with Crippen molar-refractivity contribution in [1.29, 1.82) is 0 Å². The van der Waals surface area contributed by atoms with E-state index in [4.69, 9.17) is 5.73 Å². The zero-order chi connectivity index (χ0) is 14.0. The minimum Gasteiger partial charge on any atom is -0.327 e. The lowest BCUT2D eigenvalue weighted by atomic mass is 9.87. The predicted octanol–water partition coefficient (Wildman–Crippen LogP) is 4.01. The maximum absolute atomic E-state index is 12.6. The first-order chi connectivity index (χ1) is 8.88. The molecule has 1 aliphatic rings. The third kappa shape index (κ3) is 3.50. The summed E-state index contributed by atoms with van der Waals surface area (Å²) in [5.41, 5.74) is 6.27. The van der Waals surface area contributed by atoms with Crippen LogP contribution in [0.1, 0.15) is 37.3 Å². The Labute approximate surface area is 112 Å². The second-order valence-electron chi connectivity index (χ2n) is 5.64. The van der Waals surface area contributed by atoms with E-state index in [-0.39, 0.29) is 6.04 Å². The fourth-order valence-electron chi connectivity index (χ4n) is 3.11. The van der Waals surface area contributed by atoms with Crippen LogP contribution in [0.4, 0.5) is 13.2 Å². The molecular formula is C15H20F3N. The number of alkyl halides is 3. The van der Waals surface area contributed by atoms with Crippen molar-refractivity contribution < 1.29 is 13.2 Å². The highest BCUT2D eigenvalue weighted by Gasteiger charge is 2.31. The van der Waals surface area contributed by atoms with Gasteiger partial charge in [-0.15, -0.1) is 0 Å². The van der Waals surface area contributed by atoms with Gasteiger partial charge >= 0.3 is 6.18 Å². The third-order valence-corrected chi connectivity index (χ3v) is 4.20. The van der Waals surface area contributed by atoms with Crippen molar-refractivity contribution in [3.05, 3.63) is 35.4 Å². The summed E-state index contributed by atoms with van der Waals surface area (Å²) < 4.78 is 37.9. The molecule has 1 nitrogen and oxygen atoms in total. The highest BCUT2D eigenvalue weighted by molar-refractivity contribution is 5.26. The predicted molar refractivity (Wildman–Crippen MR) is 69.6 cm³/mol. The molecule has 0 spiro atoms. The molecule has 0 bridgehead atoms. The van der Waals surface area contributed by atoms with Gasteiger partial charge in [0.05, 0.1) is 5.56 Å². The number of benzene rings is 1. The summed E-state index contributed by atoms with van der Waals surface area (Å²) in [6, 6.07) is 5.48. The van der Waals surface area contributed by atoms with Gasteiger partial charge in [-0.25, -0.2) is 0 Å². The van der Waals surface area contributed by atoms with Crippen molar-refractivity contribution >= 4 is 0 Å². The van der Waals surface area contributed by atoms with Gasteiger partial charge in [0.25, 0.3) is 0 Å². The van der Waals surface area contributed by atoms with Crippen molar-refractivity contribution in [3.63, 3.8) is 0 Å². The minimum absolute atomic E-state index is 0.0408. The van der Waals surface area contributed by atoms with Crippen molar-refractivity contribution in [3.8, 4) is 0 Å². The van der Waals surface area contributed by atoms with Crippen LogP contribution in [-0.2, 0) is 12.6 Å². The summed E-state index contributed by atoms with van der Waals surface area (Å²) in [6.45, 7) is 2.18. The highest BCUT2D eigenvalue weighted by atomic mass is 19.4. The van der Waals surface area contributed by atoms with Crippen LogP contribution in [-0.4, -0.2) is 6.04 Å². The lowest BCUT2D eigenvalue weighted by molar-refractivity contribution is -0.137. The van der Waals surface area contributed by atoms with E-state index in [2.05, 4.69) is 6.92 Å². The standard InChI is InChI=1S/C15H20F3N/c1-10-4-2-7-13(10)14(19)9-11-5-3-6-12(8-11)15(16,17)18/h3,5-6,8,10,13-14H,2,4,7,9,19H2,1H3. The topological polar surface area (TPSA) is 26.0 Å². The van der Waals surface area contributed by atoms with Gasteiger partial charge in [-0.3, -0.25) is 0 Å². The fraction of sp³-hybridized carbons (Fsp3) is 0.600. The first-order valence-electron chi connectivity index (χ1n) is 6.79. The Hall–Kier alpha value is -1.03. The van der Waals surface area contributed by atoms with Gasteiger partial charge in [0.1, 0.15) is 0 Å². The molecule has 0 aromatic heterocycles. The van der Waals surface area contributed by atoms with Crippen molar-refractivity contribution in [1.82, 2.24) is 0 Å². The normalized spacial score (nSPS) is 25.5. The zero-order valence-corrected chi connectivity index (χ0v) is 11.1. The van der Waals surface area contributed by atoms with Crippen LogP contribution >= 0.6 is 0 Å². The Bertz CT molecular complexity index is 428. The lowest BCUT2D eigenvalue weighted by Gasteiger charge is -2.23. The molecule has 2 N–H and O–H groups in total. The molecule has 19 heavy (non-hydrogen) atoms. The third-order valence-electron chi connectivity index (χ3n) is 4.20. The van der Waals surface area contributed by atoms with Crippen molar-refractivity contribution in [2.45, 2.75) is 44.8 Å². The highest BCUT2D eigenvalue weighted by Crippen LogP contribution is 2.34. The van der Waals surface area contributed by atoms with Crippen molar-refractivity contribution in [2.75, 3.05) is 0 Å². The van der Waals surface area contributed by atoms with Crippen LogP contribution < -0.4 is 5.73 Å². The quantitative estimate of drug-likeness (QED) is 0.883. The van der Waals surface area contributed by atoms with Crippen LogP contribution in [0, 0.1) is 11.8 Å². The minimum atomic E-state index is -4.28. The molecule has 0 amide bonds. The average molecular weight is 271 g/mol. The van der Waals surface area contributed by atoms with Gasteiger partial charge in [-0.05, 0) is 36.3 Å². The summed E-state index contributed by atoms with van der Waals surface area (Å²) in [5, 5.41) is 0. The van der Waals surface area contributed by atoms with Crippen LogP contribution in [0.2, 0.25) is 0 Å². The molecule has 1 fully saturated rings. The maximum Gasteiger partial charge on any atom is 0.416 e. The molecule has 1 saturated carbocycles. The fourth-order valence-corrected chi connectivity index (χ4v) is 3.11. The van der Waals surface area contributed by atoms with E-state index >= 15 is 0 Å². The summed E-state index contributed by atoms with van der Waals surface area (Å²) >= 11 is 0. The largest absolute Gasteiger partial charge is 0.416 e. The molecule has 0 saturated heterocycles. The van der Waals surface area contributed by atoms with E-state index in [1.54, 1.807) is 6.07 Å². The first-order valence-corrected chi connectivity index (χ1v) is 6.79. The summed E-state index contributed by atoms with van der Waals surface area (Å²) in [5.74, 6) is 1.02. The van der Waals surface area contributed by atoms with Crippen LogP contribution in [0.3, 0.4) is 0 Å². The smallest absolute Gasteiger partial charge is 0.327 e. The molecular weight excluding hydrogens is 251 g/mol. The summed E-state index contributed by atoms with van der Waals surface area (Å²) in [4.78, 5) is 0. The number of rotatable bonds is 3. The lowest BCUT2D eigenvalue weighted by Crippen LogP contribution is -2.33. The van der Waals surface area contributed by atoms with Gasteiger partial charge in [0.15, 0.2) is 0 Å². The van der Waals surface area contributed by atoms with E-state index in [0.29, 0.717) is 23.8 Å². The van der Waals surface area contributed by atoms with Crippen LogP contribution in [0.5, 0.6) is 0 Å². The molecule has 106 valence electrons. The monoisotopic (exact) mass is 271 g/mol. The molecule has 1 aliphatic carbocycles. The van der Waals surface area contributed by atoms with E-state index < -0.39 is 11.7 Å². The molecule has 3 unspecified atom stereocenters. The van der Waals surface area contributed by atoms with Crippen LogP contribution in [0.25, 0.3) is 0 Å². The first kappa shape index (κ1) is 14.4. The Morgan fingerprint density at radius 3 is 2.63 bits per heavy atom. The van der Waals surface area contributed by atoms with Gasteiger partial charge < -0.3 is 5.73 Å². The molecule has 1 aromatic rings. The van der Waals surface area contributed by atoms with E-state index in [0.717, 1.165) is 12.5 Å². The van der Waals surface area contributed by atoms with E-state index in [9.17, 15) is 13.2 Å². The Morgan fingerprint density at radius 1 is 1.32 bits per heavy atom. The van der Waals surface area contributed by atoms with Gasteiger partial charge in [0, 0.05) is 6.04 Å². The van der Waals surface area contributed by atoms with Crippen LogP contribution in [0.15, 0.2) is 24.3 Å². The van der Waals surface area contributed by atoms with Gasteiger partial charge in [-0.2, -0.15) is 13.2 Å². The number of nitrogens with two attached hydrogens (primary N) is 1. The second kappa shape index (κ2) is 5.53. The number of hydrogen-bond donors (Lipinski definition) is 1. The molecule has 0 aliphatic heterocycles. The second-order valence-corrected chi connectivity index (χ2v) is 5.64. The zero-order valence-electron chi connectivity index (χ0n) is 11.1. The van der Waals surface area contributed by atoms with Gasteiger partial charge in [0.2, 0.25) is 0 Å². The molecule has 0 heterocycles. The average Bonchev–Trinajstić information content (AvgIpc) is 2.75. The molecule has 1 aromatic carbocycles. The van der Waals surface area contributed by atoms with E-state index in [1.165, 1.54) is 25.0 Å². The summed E-state index contributed by atoms with van der Waals surface area (Å²) in [7, 11) is 0. The Balaban J connectivity index is 2.06. The summed E-state index contributed by atoms with van der Waals surface area (Å²) in [6.07, 6.45) is -0.288. The SMILES string of the molecule is CC1CCCC1C(N)Cc1cccc(C(F)(F)F)c1. The molecule has 3 atom stereocenters. The van der Waals surface area contributed by atoms with Gasteiger partial charge in [-0.1, -0.05) is 38.0 Å². The number of halogens is 3.